The van der Waals surface area contributed by atoms with Crippen molar-refractivity contribution in [2.45, 2.75) is 19.6 Å². The molecule has 0 amide bonds. The molecular formula is C15H15ClO2. The summed E-state index contributed by atoms with van der Waals surface area (Å²) in [6, 6.07) is 15.0. The molecule has 0 heterocycles. The normalized spacial score (nSPS) is 12.2. The van der Waals surface area contributed by atoms with E-state index in [0.717, 1.165) is 11.1 Å². The van der Waals surface area contributed by atoms with E-state index in [1.165, 1.54) is 0 Å². The van der Waals surface area contributed by atoms with Gasteiger partial charge in [-0.15, -0.1) is 0 Å². The maximum Gasteiger partial charge on any atom is 0.125 e. The summed E-state index contributed by atoms with van der Waals surface area (Å²) in [6.45, 7) is 2.16. The van der Waals surface area contributed by atoms with Gasteiger partial charge in [-0.05, 0) is 30.7 Å². The Labute approximate surface area is 112 Å². The second-order valence-electron chi connectivity index (χ2n) is 4.13. The van der Waals surface area contributed by atoms with Crippen molar-refractivity contribution in [1.29, 1.82) is 0 Å². The zero-order chi connectivity index (χ0) is 13.0. The molecular weight excluding hydrogens is 248 g/mol. The molecule has 0 unspecified atom stereocenters. The number of para-hydroxylation sites is 1. The zero-order valence-corrected chi connectivity index (χ0v) is 10.9. The van der Waals surface area contributed by atoms with E-state index in [-0.39, 0.29) is 0 Å². The summed E-state index contributed by atoms with van der Waals surface area (Å²) in [7, 11) is 0. The highest BCUT2D eigenvalue weighted by Gasteiger charge is 2.08. The molecule has 0 radical (unpaired) electrons. The Morgan fingerprint density at radius 1 is 1.17 bits per heavy atom. The van der Waals surface area contributed by atoms with Crippen molar-refractivity contribution in [2.75, 3.05) is 0 Å². The number of aliphatic hydroxyl groups excluding tert-OH is 1. The summed E-state index contributed by atoms with van der Waals surface area (Å²) in [5.41, 5.74) is 1.79. The molecule has 0 fully saturated rings. The minimum Gasteiger partial charge on any atom is -0.489 e. The van der Waals surface area contributed by atoms with Crippen LogP contribution in [0.3, 0.4) is 0 Å². The van der Waals surface area contributed by atoms with Crippen molar-refractivity contribution >= 4 is 11.6 Å². The van der Waals surface area contributed by atoms with Crippen LogP contribution >= 0.6 is 11.6 Å². The molecule has 2 aromatic carbocycles. The molecule has 0 aromatic heterocycles. The molecule has 0 aliphatic carbocycles. The van der Waals surface area contributed by atoms with Crippen molar-refractivity contribution in [3.8, 4) is 5.75 Å². The lowest BCUT2D eigenvalue weighted by Crippen LogP contribution is -2.00. The smallest absolute Gasteiger partial charge is 0.125 e. The average Bonchev–Trinajstić information content (AvgIpc) is 2.37. The lowest BCUT2D eigenvalue weighted by Gasteiger charge is -2.13. The standard InChI is InChI=1S/C15H15ClO2/c1-11(17)14-7-2-3-8-15(14)18-10-12-5-4-6-13(16)9-12/h2-9,11,17H,10H2,1H3/t11-/m1/s1. The third-order valence-electron chi connectivity index (χ3n) is 2.65. The van der Waals surface area contributed by atoms with E-state index in [0.29, 0.717) is 17.4 Å². The number of ether oxygens (including phenoxy) is 1. The first kappa shape index (κ1) is 12.9. The Hall–Kier alpha value is -1.51. The molecule has 3 heteroatoms. The van der Waals surface area contributed by atoms with Crippen LogP contribution in [-0.2, 0) is 6.61 Å². The van der Waals surface area contributed by atoms with E-state index in [1.807, 2.05) is 48.5 Å². The first-order chi connectivity index (χ1) is 8.66. The predicted octanol–water partition coefficient (Wildman–Crippen LogP) is 3.97. The summed E-state index contributed by atoms with van der Waals surface area (Å²) in [4.78, 5) is 0. The molecule has 2 nitrogen and oxygen atoms in total. The van der Waals surface area contributed by atoms with Gasteiger partial charge in [-0.2, -0.15) is 0 Å². The molecule has 0 saturated carbocycles. The lowest BCUT2D eigenvalue weighted by molar-refractivity contribution is 0.190. The maximum atomic E-state index is 9.64. The molecule has 0 spiro atoms. The Balaban J connectivity index is 2.11. The van der Waals surface area contributed by atoms with Crippen LogP contribution in [0.5, 0.6) is 5.75 Å². The van der Waals surface area contributed by atoms with Gasteiger partial charge < -0.3 is 9.84 Å². The monoisotopic (exact) mass is 262 g/mol. The third kappa shape index (κ3) is 3.25. The van der Waals surface area contributed by atoms with E-state index in [1.54, 1.807) is 6.92 Å². The minimum absolute atomic E-state index is 0.435. The van der Waals surface area contributed by atoms with Crippen LogP contribution in [0.4, 0.5) is 0 Å². The first-order valence-electron chi connectivity index (χ1n) is 5.81. The van der Waals surface area contributed by atoms with E-state index in [2.05, 4.69) is 0 Å². The van der Waals surface area contributed by atoms with Crippen LogP contribution in [0.15, 0.2) is 48.5 Å². The molecule has 0 aliphatic rings. The van der Waals surface area contributed by atoms with E-state index in [4.69, 9.17) is 16.3 Å². The van der Waals surface area contributed by atoms with Gasteiger partial charge in [0.25, 0.3) is 0 Å². The molecule has 94 valence electrons. The van der Waals surface area contributed by atoms with Gasteiger partial charge in [0.05, 0.1) is 6.10 Å². The van der Waals surface area contributed by atoms with Crippen molar-refractivity contribution in [2.24, 2.45) is 0 Å². The second-order valence-corrected chi connectivity index (χ2v) is 4.57. The number of halogens is 1. The summed E-state index contributed by atoms with van der Waals surface area (Å²) in [6.07, 6.45) is -0.541. The van der Waals surface area contributed by atoms with E-state index >= 15 is 0 Å². The summed E-state index contributed by atoms with van der Waals surface area (Å²) in [5.74, 6) is 0.701. The van der Waals surface area contributed by atoms with Crippen LogP contribution in [0, 0.1) is 0 Å². The van der Waals surface area contributed by atoms with Crippen molar-refractivity contribution in [3.05, 3.63) is 64.7 Å². The van der Waals surface area contributed by atoms with Crippen molar-refractivity contribution in [1.82, 2.24) is 0 Å². The predicted molar refractivity (Wildman–Crippen MR) is 72.9 cm³/mol. The largest absolute Gasteiger partial charge is 0.489 e. The molecule has 1 atom stereocenters. The topological polar surface area (TPSA) is 29.5 Å². The molecule has 2 rings (SSSR count). The molecule has 1 N–H and O–H groups in total. The molecule has 0 saturated heterocycles. The maximum absolute atomic E-state index is 9.64. The van der Waals surface area contributed by atoms with Crippen LogP contribution < -0.4 is 4.74 Å². The van der Waals surface area contributed by atoms with Crippen molar-refractivity contribution < 1.29 is 9.84 Å². The Morgan fingerprint density at radius 3 is 2.67 bits per heavy atom. The number of aliphatic hydroxyl groups is 1. The van der Waals surface area contributed by atoms with Crippen LogP contribution in [0.2, 0.25) is 5.02 Å². The molecule has 0 aliphatic heterocycles. The van der Waals surface area contributed by atoms with Crippen LogP contribution in [0.25, 0.3) is 0 Å². The molecule has 0 bridgehead atoms. The van der Waals surface area contributed by atoms with Gasteiger partial charge in [-0.3, -0.25) is 0 Å². The van der Waals surface area contributed by atoms with Crippen molar-refractivity contribution in [3.63, 3.8) is 0 Å². The van der Waals surface area contributed by atoms with E-state index in [9.17, 15) is 5.11 Å². The van der Waals surface area contributed by atoms with Gasteiger partial charge in [0, 0.05) is 10.6 Å². The van der Waals surface area contributed by atoms with Crippen LogP contribution in [-0.4, -0.2) is 5.11 Å². The third-order valence-corrected chi connectivity index (χ3v) is 2.89. The second kappa shape index (κ2) is 5.89. The fourth-order valence-corrected chi connectivity index (χ4v) is 1.96. The Bertz CT molecular complexity index is 523. The van der Waals surface area contributed by atoms with E-state index < -0.39 is 6.10 Å². The van der Waals surface area contributed by atoms with Gasteiger partial charge in [0.1, 0.15) is 12.4 Å². The zero-order valence-electron chi connectivity index (χ0n) is 10.1. The molecule has 2 aromatic rings. The van der Waals surface area contributed by atoms with Gasteiger partial charge in [0.2, 0.25) is 0 Å². The molecule has 18 heavy (non-hydrogen) atoms. The fourth-order valence-electron chi connectivity index (χ4n) is 1.74. The number of hydrogen-bond donors (Lipinski definition) is 1. The summed E-state index contributed by atoms with van der Waals surface area (Å²) < 4.78 is 5.72. The quantitative estimate of drug-likeness (QED) is 0.903. The number of rotatable bonds is 4. The number of hydrogen-bond acceptors (Lipinski definition) is 2. The minimum atomic E-state index is -0.541. The van der Waals surface area contributed by atoms with Gasteiger partial charge in [0.15, 0.2) is 0 Å². The van der Waals surface area contributed by atoms with Gasteiger partial charge in [-0.1, -0.05) is 41.9 Å². The van der Waals surface area contributed by atoms with Gasteiger partial charge in [-0.25, -0.2) is 0 Å². The SMILES string of the molecule is C[C@@H](O)c1ccccc1OCc1cccc(Cl)c1. The number of benzene rings is 2. The fraction of sp³-hybridized carbons (Fsp3) is 0.200. The highest BCUT2D eigenvalue weighted by atomic mass is 35.5. The first-order valence-corrected chi connectivity index (χ1v) is 6.19. The summed E-state index contributed by atoms with van der Waals surface area (Å²) >= 11 is 5.91. The Morgan fingerprint density at radius 2 is 1.94 bits per heavy atom. The average molecular weight is 263 g/mol. The van der Waals surface area contributed by atoms with Crippen LogP contribution in [0.1, 0.15) is 24.2 Å². The Kier molecular flexibility index (Phi) is 4.24. The summed E-state index contributed by atoms with van der Waals surface area (Å²) in [5, 5.41) is 10.3. The van der Waals surface area contributed by atoms with Gasteiger partial charge >= 0.3 is 0 Å². The lowest BCUT2D eigenvalue weighted by atomic mass is 10.1. The highest BCUT2D eigenvalue weighted by molar-refractivity contribution is 6.30. The highest BCUT2D eigenvalue weighted by Crippen LogP contribution is 2.25.